The van der Waals surface area contributed by atoms with E-state index < -0.39 is 10.0 Å². The van der Waals surface area contributed by atoms with E-state index in [9.17, 15) is 13.5 Å². The fourth-order valence-electron chi connectivity index (χ4n) is 1.76. The van der Waals surface area contributed by atoms with Crippen LogP contribution in [0.5, 0.6) is 0 Å². The molecule has 2 aromatic carbocycles. The Morgan fingerprint density at radius 1 is 1.24 bits per heavy atom. The van der Waals surface area contributed by atoms with Gasteiger partial charge in [0.1, 0.15) is 0 Å². The van der Waals surface area contributed by atoms with Gasteiger partial charge in [0.05, 0.1) is 17.2 Å². The van der Waals surface area contributed by atoms with Gasteiger partial charge in [0, 0.05) is 8.59 Å². The van der Waals surface area contributed by atoms with E-state index >= 15 is 0 Å². The fraction of sp³-hybridized carbons (Fsp3) is 0.143. The molecule has 0 amide bonds. The molecule has 0 bridgehead atoms. The minimum atomic E-state index is -3.71. The van der Waals surface area contributed by atoms with Gasteiger partial charge in [-0.1, -0.05) is 17.7 Å². The van der Waals surface area contributed by atoms with Crippen molar-refractivity contribution in [2.45, 2.75) is 18.4 Å². The Hall–Kier alpha value is -0.830. The van der Waals surface area contributed by atoms with Crippen molar-refractivity contribution in [3.63, 3.8) is 0 Å². The normalized spacial score (nSPS) is 11.4. The van der Waals surface area contributed by atoms with Crippen LogP contribution in [-0.4, -0.2) is 13.5 Å². The van der Waals surface area contributed by atoms with Gasteiger partial charge in [-0.15, -0.1) is 0 Å². The van der Waals surface area contributed by atoms with Crippen molar-refractivity contribution in [1.82, 2.24) is 0 Å². The molecule has 0 aromatic heterocycles. The lowest BCUT2D eigenvalue weighted by Gasteiger charge is -2.11. The lowest BCUT2D eigenvalue weighted by molar-refractivity contribution is 0.281. The van der Waals surface area contributed by atoms with Crippen molar-refractivity contribution in [3.05, 3.63) is 56.1 Å². The summed E-state index contributed by atoms with van der Waals surface area (Å²) < 4.78 is 28.0. The lowest BCUT2D eigenvalue weighted by atomic mass is 10.1. The van der Waals surface area contributed by atoms with Crippen LogP contribution in [0.2, 0.25) is 5.02 Å². The summed E-state index contributed by atoms with van der Waals surface area (Å²) in [6, 6.07) is 9.57. The molecule has 2 N–H and O–H groups in total. The van der Waals surface area contributed by atoms with E-state index in [1.54, 1.807) is 24.3 Å². The minimum Gasteiger partial charge on any atom is -0.392 e. The lowest BCUT2D eigenvalue weighted by Crippen LogP contribution is -2.14. The zero-order valence-electron chi connectivity index (χ0n) is 11.1. The van der Waals surface area contributed by atoms with Crippen LogP contribution < -0.4 is 4.72 Å². The SMILES string of the molecule is Cc1ccc(S(=O)(=O)Nc2ccc(Cl)cc2I)cc1CO. The zero-order valence-corrected chi connectivity index (χ0v) is 14.8. The molecule has 0 radical (unpaired) electrons. The maximum Gasteiger partial charge on any atom is 0.261 e. The molecule has 0 aliphatic carbocycles. The third-order valence-corrected chi connectivity index (χ3v) is 5.47. The summed E-state index contributed by atoms with van der Waals surface area (Å²) in [7, 11) is -3.71. The Morgan fingerprint density at radius 2 is 1.95 bits per heavy atom. The van der Waals surface area contributed by atoms with Crippen LogP contribution >= 0.6 is 34.2 Å². The molecule has 0 atom stereocenters. The van der Waals surface area contributed by atoms with Crippen LogP contribution in [0.1, 0.15) is 11.1 Å². The molecular formula is C14H13ClINO3S. The number of rotatable bonds is 4. The summed E-state index contributed by atoms with van der Waals surface area (Å²) in [6.07, 6.45) is 0. The molecular weight excluding hydrogens is 425 g/mol. The Bertz CT molecular complexity index is 778. The second kappa shape index (κ2) is 6.51. The quantitative estimate of drug-likeness (QED) is 0.719. The first-order valence-corrected chi connectivity index (χ1v) is 8.96. The highest BCUT2D eigenvalue weighted by atomic mass is 127. The molecule has 0 aliphatic heterocycles. The van der Waals surface area contributed by atoms with Crippen molar-refractivity contribution < 1.29 is 13.5 Å². The maximum atomic E-state index is 12.4. The van der Waals surface area contributed by atoms with E-state index in [0.29, 0.717) is 19.8 Å². The number of hydrogen-bond acceptors (Lipinski definition) is 3. The number of benzene rings is 2. The van der Waals surface area contributed by atoms with Gasteiger partial charge in [-0.05, 0) is 71.0 Å². The molecule has 7 heteroatoms. The van der Waals surface area contributed by atoms with Gasteiger partial charge < -0.3 is 5.11 Å². The van der Waals surface area contributed by atoms with Crippen molar-refractivity contribution in [3.8, 4) is 0 Å². The highest BCUT2D eigenvalue weighted by Gasteiger charge is 2.16. The molecule has 2 rings (SSSR count). The largest absolute Gasteiger partial charge is 0.392 e. The van der Waals surface area contributed by atoms with Gasteiger partial charge in [-0.25, -0.2) is 8.42 Å². The number of halogens is 2. The van der Waals surface area contributed by atoms with Crippen LogP contribution in [0.3, 0.4) is 0 Å². The van der Waals surface area contributed by atoms with E-state index in [-0.39, 0.29) is 11.5 Å². The van der Waals surface area contributed by atoms with Crippen molar-refractivity contribution >= 4 is 49.9 Å². The van der Waals surface area contributed by atoms with Crippen molar-refractivity contribution in [2.75, 3.05) is 4.72 Å². The number of aliphatic hydroxyl groups excluding tert-OH is 1. The number of hydrogen-bond donors (Lipinski definition) is 2. The van der Waals surface area contributed by atoms with Gasteiger partial charge in [0.2, 0.25) is 0 Å². The van der Waals surface area contributed by atoms with Crippen LogP contribution in [-0.2, 0) is 16.6 Å². The van der Waals surface area contributed by atoms with Gasteiger partial charge in [0.25, 0.3) is 10.0 Å². The predicted molar refractivity (Wildman–Crippen MR) is 92.1 cm³/mol. The van der Waals surface area contributed by atoms with Crippen LogP contribution in [0.15, 0.2) is 41.3 Å². The summed E-state index contributed by atoms with van der Waals surface area (Å²) in [4.78, 5) is 0.114. The molecule has 112 valence electrons. The van der Waals surface area contributed by atoms with E-state index in [4.69, 9.17) is 11.6 Å². The monoisotopic (exact) mass is 437 g/mol. The Morgan fingerprint density at radius 3 is 2.57 bits per heavy atom. The molecule has 0 saturated heterocycles. The number of aryl methyl sites for hydroxylation is 1. The Balaban J connectivity index is 2.38. The molecule has 0 saturated carbocycles. The molecule has 21 heavy (non-hydrogen) atoms. The summed E-state index contributed by atoms with van der Waals surface area (Å²) in [5, 5.41) is 9.78. The number of aliphatic hydroxyl groups is 1. The first-order chi connectivity index (χ1) is 9.83. The molecule has 0 spiro atoms. The topological polar surface area (TPSA) is 66.4 Å². The van der Waals surface area contributed by atoms with Crippen LogP contribution in [0, 0.1) is 10.5 Å². The van der Waals surface area contributed by atoms with Crippen LogP contribution in [0.4, 0.5) is 5.69 Å². The Labute approximate surface area is 142 Å². The third kappa shape index (κ3) is 3.88. The first-order valence-electron chi connectivity index (χ1n) is 6.02. The van der Waals surface area contributed by atoms with Gasteiger partial charge in [-0.2, -0.15) is 0 Å². The fourth-order valence-corrected chi connectivity index (χ4v) is 4.08. The average Bonchev–Trinajstić information content (AvgIpc) is 2.42. The molecule has 4 nitrogen and oxygen atoms in total. The average molecular weight is 438 g/mol. The highest BCUT2D eigenvalue weighted by Crippen LogP contribution is 2.25. The van der Waals surface area contributed by atoms with E-state index in [1.807, 2.05) is 29.5 Å². The van der Waals surface area contributed by atoms with E-state index in [0.717, 1.165) is 5.56 Å². The smallest absolute Gasteiger partial charge is 0.261 e. The summed E-state index contributed by atoms with van der Waals surface area (Å²) >= 11 is 7.87. The maximum absolute atomic E-state index is 12.4. The summed E-state index contributed by atoms with van der Waals surface area (Å²) in [5.74, 6) is 0. The Kier molecular flexibility index (Phi) is 5.13. The molecule has 0 aliphatic rings. The van der Waals surface area contributed by atoms with Gasteiger partial charge >= 0.3 is 0 Å². The standard InChI is InChI=1S/C14H13ClINO3S/c1-9-2-4-12(6-10(9)8-18)21(19,20)17-14-5-3-11(15)7-13(14)16/h2-7,17-18H,8H2,1H3. The zero-order chi connectivity index (χ0) is 15.6. The van der Waals surface area contributed by atoms with Gasteiger partial charge in [0.15, 0.2) is 0 Å². The summed E-state index contributed by atoms with van der Waals surface area (Å²) in [5.41, 5.74) is 1.90. The molecule has 0 heterocycles. The second-order valence-corrected chi connectivity index (χ2v) is 7.76. The molecule has 2 aromatic rings. The molecule has 0 fully saturated rings. The van der Waals surface area contributed by atoms with Crippen molar-refractivity contribution in [1.29, 1.82) is 0 Å². The second-order valence-electron chi connectivity index (χ2n) is 4.48. The third-order valence-electron chi connectivity index (χ3n) is 2.98. The number of nitrogens with one attached hydrogen (secondary N) is 1. The van der Waals surface area contributed by atoms with Gasteiger partial charge in [-0.3, -0.25) is 4.72 Å². The van der Waals surface area contributed by atoms with Crippen molar-refractivity contribution in [2.24, 2.45) is 0 Å². The van der Waals surface area contributed by atoms with Crippen LogP contribution in [0.25, 0.3) is 0 Å². The highest BCUT2D eigenvalue weighted by molar-refractivity contribution is 14.1. The predicted octanol–water partition coefficient (Wildman–Crippen LogP) is 3.55. The summed E-state index contributed by atoms with van der Waals surface area (Å²) in [6.45, 7) is 1.62. The van der Waals surface area contributed by atoms with E-state index in [2.05, 4.69) is 4.72 Å². The molecule has 0 unspecified atom stereocenters. The number of anilines is 1. The van der Waals surface area contributed by atoms with E-state index in [1.165, 1.54) is 12.1 Å². The minimum absolute atomic E-state index is 0.114. The number of sulfonamides is 1. The first kappa shape index (κ1) is 16.5.